The predicted molar refractivity (Wildman–Crippen MR) is 41.3 cm³/mol. The maximum absolute atomic E-state index is 13.0. The molecule has 4 aliphatic carbocycles. The molecule has 4 fully saturated rings. The van der Waals surface area contributed by atoms with Crippen LogP contribution < -0.4 is 0 Å². The van der Waals surface area contributed by atoms with Crippen molar-refractivity contribution in [2.75, 3.05) is 0 Å². The van der Waals surface area contributed by atoms with Crippen LogP contribution >= 0.6 is 22.6 Å². The first-order valence-corrected chi connectivity index (χ1v) is 4.83. The smallest absolute Gasteiger partial charge is 0.107 e. The monoisotopic (exact) mass is 238 g/mol. The lowest BCUT2D eigenvalue weighted by Gasteiger charge is -2.06. The molecule has 4 saturated carbocycles. The van der Waals surface area contributed by atoms with E-state index in [2.05, 4.69) is 22.6 Å². The van der Waals surface area contributed by atoms with E-state index in [1.54, 1.807) is 0 Å². The van der Waals surface area contributed by atoms with Gasteiger partial charge < -0.3 is 0 Å². The highest BCUT2D eigenvalue weighted by Crippen LogP contribution is 2.73. The normalized spacial score (nSPS) is 75.3. The van der Waals surface area contributed by atoms with Gasteiger partial charge in [0.2, 0.25) is 0 Å². The highest BCUT2D eigenvalue weighted by molar-refractivity contribution is 14.1. The van der Waals surface area contributed by atoms with E-state index >= 15 is 0 Å². The Morgan fingerprint density at radius 1 is 1.22 bits per heavy atom. The Morgan fingerprint density at radius 2 is 2.00 bits per heavy atom. The van der Waals surface area contributed by atoms with E-state index in [1.807, 2.05) is 0 Å². The summed E-state index contributed by atoms with van der Waals surface area (Å²) in [7, 11) is 0. The van der Waals surface area contributed by atoms with Gasteiger partial charge in [0.05, 0.1) is 0 Å². The second-order valence-electron chi connectivity index (χ2n) is 3.61. The predicted octanol–water partition coefficient (Wildman–Crippen LogP) is 2.02. The van der Waals surface area contributed by atoms with Crippen molar-refractivity contribution in [2.24, 2.45) is 23.7 Å². The Labute approximate surface area is 67.3 Å². The van der Waals surface area contributed by atoms with Crippen LogP contribution in [0.25, 0.3) is 0 Å². The zero-order valence-corrected chi connectivity index (χ0v) is 7.08. The minimum atomic E-state index is -0.401. The molecule has 4 bridgehead atoms. The molecule has 0 N–H and O–H groups in total. The molecular formula is C7H8FI. The van der Waals surface area contributed by atoms with Crippen molar-refractivity contribution >= 4 is 22.6 Å². The first kappa shape index (κ1) is 5.33. The quantitative estimate of drug-likeness (QED) is 0.447. The Kier molecular flexibility index (Phi) is 0.778. The lowest BCUT2D eigenvalue weighted by atomic mass is 10.1. The maximum Gasteiger partial charge on any atom is 0.107 e. The lowest BCUT2D eigenvalue weighted by molar-refractivity contribution is 0.274. The largest absolute Gasteiger partial charge is 0.247 e. The summed E-state index contributed by atoms with van der Waals surface area (Å²) >= 11 is 2.44. The van der Waals surface area contributed by atoms with Crippen LogP contribution in [-0.4, -0.2) is 10.1 Å². The van der Waals surface area contributed by atoms with Crippen LogP contribution in [0.1, 0.15) is 6.42 Å². The van der Waals surface area contributed by atoms with Gasteiger partial charge in [0.25, 0.3) is 0 Å². The topological polar surface area (TPSA) is 0 Å². The number of rotatable bonds is 0. The van der Waals surface area contributed by atoms with Crippen molar-refractivity contribution < 1.29 is 4.39 Å². The highest BCUT2D eigenvalue weighted by Gasteiger charge is 2.73. The summed E-state index contributed by atoms with van der Waals surface area (Å²) in [5.74, 6) is 2.62. The SMILES string of the molecule is F[C@@H]1C2C3[C@H]2C[C@H]1[C@H]3I. The van der Waals surface area contributed by atoms with Gasteiger partial charge in [-0.15, -0.1) is 0 Å². The molecular weight excluding hydrogens is 230 g/mol. The molecule has 4 aliphatic rings. The zero-order valence-electron chi connectivity index (χ0n) is 4.93. The highest BCUT2D eigenvalue weighted by atomic mass is 127. The second-order valence-corrected chi connectivity index (χ2v) is 5.05. The lowest BCUT2D eigenvalue weighted by Crippen LogP contribution is -2.10. The van der Waals surface area contributed by atoms with Crippen molar-refractivity contribution in [3.8, 4) is 0 Å². The molecule has 2 heteroatoms. The van der Waals surface area contributed by atoms with Crippen molar-refractivity contribution in [1.82, 2.24) is 0 Å². The van der Waals surface area contributed by atoms with Gasteiger partial charge in [-0.25, -0.2) is 4.39 Å². The number of alkyl halides is 2. The van der Waals surface area contributed by atoms with Gasteiger partial charge in [0, 0.05) is 9.84 Å². The standard InChI is InChI=1S/C7H8FI/c8-6-3-1-2-4(6)5(2)7(3)9/h2-7H,1H2/t2-,3+,4?,5?,6-,7+/m0/s1. The molecule has 6 atom stereocenters. The summed E-state index contributed by atoms with van der Waals surface area (Å²) in [4.78, 5) is 0. The first-order valence-electron chi connectivity index (χ1n) is 3.59. The van der Waals surface area contributed by atoms with E-state index in [9.17, 15) is 4.39 Å². The first-order chi connectivity index (χ1) is 4.30. The zero-order chi connectivity index (χ0) is 6.17. The van der Waals surface area contributed by atoms with E-state index in [4.69, 9.17) is 0 Å². The number of hydrogen-bond donors (Lipinski definition) is 0. The molecule has 2 unspecified atom stereocenters. The van der Waals surface area contributed by atoms with Gasteiger partial charge in [-0.3, -0.25) is 0 Å². The van der Waals surface area contributed by atoms with E-state index in [-0.39, 0.29) is 0 Å². The van der Waals surface area contributed by atoms with Gasteiger partial charge in [-0.1, -0.05) is 22.6 Å². The Bertz CT molecular complexity index is 150. The van der Waals surface area contributed by atoms with Gasteiger partial charge in [-0.2, -0.15) is 0 Å². The molecule has 9 heavy (non-hydrogen) atoms. The van der Waals surface area contributed by atoms with Crippen LogP contribution in [0.15, 0.2) is 0 Å². The summed E-state index contributed by atoms with van der Waals surface area (Å²) in [6.45, 7) is 0. The van der Waals surface area contributed by atoms with Crippen LogP contribution in [0.3, 0.4) is 0 Å². The minimum Gasteiger partial charge on any atom is -0.247 e. The fourth-order valence-electron chi connectivity index (χ4n) is 2.96. The fourth-order valence-corrected chi connectivity index (χ4v) is 4.66. The summed E-state index contributed by atoms with van der Waals surface area (Å²) in [5, 5.41) is 0. The van der Waals surface area contributed by atoms with E-state index < -0.39 is 6.17 Å². The molecule has 0 heterocycles. The number of hydrogen-bond acceptors (Lipinski definition) is 0. The summed E-state index contributed by atoms with van der Waals surface area (Å²) < 4.78 is 13.7. The van der Waals surface area contributed by atoms with Crippen molar-refractivity contribution in [2.45, 2.75) is 16.5 Å². The summed E-state index contributed by atoms with van der Waals surface area (Å²) in [5.41, 5.74) is 0. The van der Waals surface area contributed by atoms with E-state index in [0.29, 0.717) is 15.8 Å². The van der Waals surface area contributed by atoms with Gasteiger partial charge in [0.15, 0.2) is 0 Å². The third kappa shape index (κ3) is 0.409. The molecule has 4 rings (SSSR count). The minimum absolute atomic E-state index is 0.401. The van der Waals surface area contributed by atoms with Crippen LogP contribution in [0.5, 0.6) is 0 Å². The second kappa shape index (κ2) is 1.31. The van der Waals surface area contributed by atoms with Gasteiger partial charge in [0.1, 0.15) is 6.17 Å². The molecule has 0 amide bonds. The molecule has 0 nitrogen and oxygen atoms in total. The maximum atomic E-state index is 13.0. The molecule has 50 valence electrons. The molecule has 0 aromatic rings. The molecule has 0 aromatic heterocycles. The fraction of sp³-hybridized carbons (Fsp3) is 1.00. The van der Waals surface area contributed by atoms with Crippen LogP contribution in [0.4, 0.5) is 4.39 Å². The average Bonchev–Trinajstić information content (AvgIpc) is 2.18. The molecule has 0 aliphatic heterocycles. The third-order valence-electron chi connectivity index (χ3n) is 3.39. The summed E-state index contributed by atoms with van der Waals surface area (Å²) in [6, 6.07) is 0. The van der Waals surface area contributed by atoms with Gasteiger partial charge >= 0.3 is 0 Å². The Balaban J connectivity index is 2.07. The van der Waals surface area contributed by atoms with Crippen LogP contribution in [-0.2, 0) is 0 Å². The van der Waals surface area contributed by atoms with Crippen LogP contribution in [0.2, 0.25) is 0 Å². The van der Waals surface area contributed by atoms with Crippen molar-refractivity contribution in [3.05, 3.63) is 0 Å². The van der Waals surface area contributed by atoms with Gasteiger partial charge in [-0.05, 0) is 24.2 Å². The molecule has 0 spiro atoms. The Morgan fingerprint density at radius 3 is 2.11 bits per heavy atom. The summed E-state index contributed by atoms with van der Waals surface area (Å²) in [6.07, 6.45) is 0.811. The molecule has 0 saturated heterocycles. The molecule has 0 aromatic carbocycles. The van der Waals surface area contributed by atoms with Crippen LogP contribution in [0, 0.1) is 23.7 Å². The number of halogens is 2. The van der Waals surface area contributed by atoms with E-state index in [1.165, 1.54) is 6.42 Å². The van der Waals surface area contributed by atoms with E-state index in [0.717, 1.165) is 11.8 Å². The Hall–Kier alpha value is 0.660. The average molecular weight is 238 g/mol. The van der Waals surface area contributed by atoms with Crippen molar-refractivity contribution in [1.29, 1.82) is 0 Å². The molecule has 0 radical (unpaired) electrons. The van der Waals surface area contributed by atoms with Crippen molar-refractivity contribution in [3.63, 3.8) is 0 Å². The third-order valence-corrected chi connectivity index (χ3v) is 5.14.